The first-order chi connectivity index (χ1) is 10.1. The third-order valence-corrected chi connectivity index (χ3v) is 5.10. The lowest BCUT2D eigenvalue weighted by molar-refractivity contribution is 0.133. The summed E-state index contributed by atoms with van der Waals surface area (Å²) in [5, 5.41) is 11.2. The van der Waals surface area contributed by atoms with Crippen LogP contribution in [-0.4, -0.2) is 29.3 Å². The highest BCUT2D eigenvalue weighted by molar-refractivity contribution is 5.94. The number of benzene rings is 1. The maximum Gasteiger partial charge on any atom is 0.0727 e. The van der Waals surface area contributed by atoms with E-state index in [1.165, 1.54) is 5.69 Å². The third-order valence-electron chi connectivity index (χ3n) is 5.10. The zero-order valence-corrected chi connectivity index (χ0v) is 12.3. The molecule has 0 spiro atoms. The SMILES string of the molecule is Cc1cc(N2CC3CCC(O)C3C2)c2cc(N)ccc2n1. The molecule has 4 rings (SSSR count). The number of aromatic nitrogens is 1. The normalized spacial score (nSPS) is 28.3. The van der Waals surface area contributed by atoms with Crippen LogP contribution in [-0.2, 0) is 0 Å². The maximum absolute atomic E-state index is 10.1. The van der Waals surface area contributed by atoms with Crippen LogP contribution in [0.25, 0.3) is 10.9 Å². The number of hydrogen-bond acceptors (Lipinski definition) is 4. The number of nitrogen functional groups attached to an aromatic ring is 1. The van der Waals surface area contributed by atoms with Crippen molar-refractivity contribution in [1.82, 2.24) is 4.98 Å². The molecule has 0 radical (unpaired) electrons. The van der Waals surface area contributed by atoms with E-state index in [0.717, 1.165) is 48.2 Å². The van der Waals surface area contributed by atoms with Gasteiger partial charge in [0, 0.05) is 41.5 Å². The summed E-state index contributed by atoms with van der Waals surface area (Å²) in [7, 11) is 0. The highest BCUT2D eigenvalue weighted by Gasteiger charge is 2.42. The van der Waals surface area contributed by atoms with Crippen LogP contribution in [0.2, 0.25) is 0 Å². The molecule has 21 heavy (non-hydrogen) atoms. The molecule has 1 aliphatic carbocycles. The van der Waals surface area contributed by atoms with Crippen LogP contribution >= 0.6 is 0 Å². The number of pyridine rings is 1. The topological polar surface area (TPSA) is 62.4 Å². The smallest absolute Gasteiger partial charge is 0.0727 e. The van der Waals surface area contributed by atoms with E-state index in [2.05, 4.69) is 16.0 Å². The summed E-state index contributed by atoms with van der Waals surface area (Å²) < 4.78 is 0. The molecule has 2 aromatic rings. The van der Waals surface area contributed by atoms with Crippen LogP contribution in [0.4, 0.5) is 11.4 Å². The minimum absolute atomic E-state index is 0.126. The molecule has 3 atom stereocenters. The number of fused-ring (bicyclic) bond motifs is 2. The van der Waals surface area contributed by atoms with E-state index < -0.39 is 0 Å². The zero-order valence-electron chi connectivity index (χ0n) is 12.3. The molecule has 1 saturated heterocycles. The van der Waals surface area contributed by atoms with Gasteiger partial charge in [0.25, 0.3) is 0 Å². The van der Waals surface area contributed by atoms with Crippen molar-refractivity contribution in [3.05, 3.63) is 30.0 Å². The van der Waals surface area contributed by atoms with Gasteiger partial charge in [-0.3, -0.25) is 4.98 Å². The van der Waals surface area contributed by atoms with E-state index >= 15 is 0 Å². The number of nitrogens with zero attached hydrogens (tertiary/aromatic N) is 2. The molecule has 4 nitrogen and oxygen atoms in total. The second kappa shape index (κ2) is 4.60. The number of anilines is 2. The first-order valence-electron chi connectivity index (χ1n) is 7.72. The molecule has 1 saturated carbocycles. The van der Waals surface area contributed by atoms with Crippen LogP contribution in [0.3, 0.4) is 0 Å². The molecule has 4 heteroatoms. The zero-order chi connectivity index (χ0) is 14.6. The molecular formula is C17H21N3O. The first-order valence-corrected chi connectivity index (χ1v) is 7.72. The van der Waals surface area contributed by atoms with E-state index in [4.69, 9.17) is 5.73 Å². The average Bonchev–Trinajstić information content (AvgIpc) is 3.01. The molecule has 0 amide bonds. The van der Waals surface area contributed by atoms with Crippen molar-refractivity contribution >= 4 is 22.3 Å². The number of hydrogen-bond donors (Lipinski definition) is 2. The van der Waals surface area contributed by atoms with Crippen LogP contribution in [0.15, 0.2) is 24.3 Å². The van der Waals surface area contributed by atoms with Gasteiger partial charge >= 0.3 is 0 Å². The van der Waals surface area contributed by atoms with Crippen LogP contribution < -0.4 is 10.6 Å². The Morgan fingerprint density at radius 2 is 2.10 bits per heavy atom. The van der Waals surface area contributed by atoms with Crippen molar-refractivity contribution in [2.45, 2.75) is 25.9 Å². The molecule has 2 fully saturated rings. The van der Waals surface area contributed by atoms with Gasteiger partial charge in [-0.25, -0.2) is 0 Å². The van der Waals surface area contributed by atoms with Crippen molar-refractivity contribution in [2.75, 3.05) is 23.7 Å². The Bertz CT molecular complexity index is 700. The summed E-state index contributed by atoms with van der Waals surface area (Å²) in [5.74, 6) is 1.05. The standard InChI is InChI=1S/C17H21N3O/c1-10-6-16(13-7-12(18)3-4-15(13)19-10)20-8-11-2-5-17(21)14(11)9-20/h3-4,6-7,11,14,17,21H,2,5,8-9,18H2,1H3. The Hall–Kier alpha value is -1.81. The summed E-state index contributed by atoms with van der Waals surface area (Å²) in [6.45, 7) is 4.01. The molecule has 3 unspecified atom stereocenters. The number of aliphatic hydroxyl groups excluding tert-OH is 1. The van der Waals surface area contributed by atoms with Gasteiger partial charge in [-0.2, -0.15) is 0 Å². The Morgan fingerprint density at radius 3 is 2.90 bits per heavy atom. The molecule has 1 aliphatic heterocycles. The fraction of sp³-hybridized carbons (Fsp3) is 0.471. The minimum atomic E-state index is -0.126. The Labute approximate surface area is 124 Å². The van der Waals surface area contributed by atoms with Crippen molar-refractivity contribution in [3.63, 3.8) is 0 Å². The number of nitrogens with two attached hydrogens (primary N) is 1. The van der Waals surface area contributed by atoms with Crippen molar-refractivity contribution in [2.24, 2.45) is 11.8 Å². The van der Waals surface area contributed by atoms with Gasteiger partial charge in [0.2, 0.25) is 0 Å². The summed E-state index contributed by atoms with van der Waals surface area (Å²) in [6, 6.07) is 8.06. The molecular weight excluding hydrogens is 262 g/mol. The lowest BCUT2D eigenvalue weighted by atomic mass is 10.00. The summed E-state index contributed by atoms with van der Waals surface area (Å²) in [5.41, 5.74) is 9.97. The van der Waals surface area contributed by atoms with E-state index in [1.54, 1.807) is 0 Å². The lowest BCUT2D eigenvalue weighted by Crippen LogP contribution is -2.24. The molecule has 110 valence electrons. The highest BCUT2D eigenvalue weighted by atomic mass is 16.3. The molecule has 0 bridgehead atoms. The molecule has 3 N–H and O–H groups in total. The highest BCUT2D eigenvalue weighted by Crippen LogP contribution is 2.41. The summed E-state index contributed by atoms with van der Waals surface area (Å²) in [6.07, 6.45) is 1.98. The Kier molecular flexibility index (Phi) is 2.82. The third kappa shape index (κ3) is 2.05. The van der Waals surface area contributed by atoms with Gasteiger partial charge in [-0.15, -0.1) is 0 Å². The molecule has 1 aromatic heterocycles. The minimum Gasteiger partial charge on any atom is -0.399 e. The van der Waals surface area contributed by atoms with Gasteiger partial charge in [0.05, 0.1) is 11.6 Å². The number of rotatable bonds is 1. The summed E-state index contributed by atoms with van der Waals surface area (Å²) >= 11 is 0. The lowest BCUT2D eigenvalue weighted by Gasteiger charge is -2.23. The van der Waals surface area contributed by atoms with Crippen LogP contribution in [0, 0.1) is 18.8 Å². The summed E-state index contributed by atoms with van der Waals surface area (Å²) in [4.78, 5) is 7.02. The van der Waals surface area contributed by atoms with Crippen molar-refractivity contribution in [3.8, 4) is 0 Å². The van der Waals surface area contributed by atoms with E-state index in [-0.39, 0.29) is 6.10 Å². The fourth-order valence-corrected chi connectivity index (χ4v) is 4.05. The maximum atomic E-state index is 10.1. The second-order valence-electron chi connectivity index (χ2n) is 6.53. The van der Waals surface area contributed by atoms with E-state index in [9.17, 15) is 5.11 Å². The van der Waals surface area contributed by atoms with Gasteiger partial charge in [-0.05, 0) is 49.9 Å². The largest absolute Gasteiger partial charge is 0.399 e. The van der Waals surface area contributed by atoms with E-state index in [0.29, 0.717) is 11.8 Å². The second-order valence-corrected chi connectivity index (χ2v) is 6.53. The Balaban J connectivity index is 1.78. The fourth-order valence-electron chi connectivity index (χ4n) is 4.05. The van der Waals surface area contributed by atoms with Gasteiger partial charge < -0.3 is 15.7 Å². The van der Waals surface area contributed by atoms with E-state index in [1.807, 2.05) is 25.1 Å². The molecule has 2 aliphatic rings. The predicted molar refractivity (Wildman–Crippen MR) is 85.3 cm³/mol. The molecule has 1 aromatic carbocycles. The predicted octanol–water partition coefficient (Wildman–Crippen LogP) is 2.33. The number of aliphatic hydroxyl groups is 1. The van der Waals surface area contributed by atoms with Crippen LogP contribution in [0.1, 0.15) is 18.5 Å². The quantitative estimate of drug-likeness (QED) is 0.789. The van der Waals surface area contributed by atoms with Crippen molar-refractivity contribution in [1.29, 1.82) is 0 Å². The number of aryl methyl sites for hydroxylation is 1. The van der Waals surface area contributed by atoms with Gasteiger partial charge in [0.15, 0.2) is 0 Å². The Morgan fingerprint density at radius 1 is 1.24 bits per heavy atom. The van der Waals surface area contributed by atoms with Crippen LogP contribution in [0.5, 0.6) is 0 Å². The van der Waals surface area contributed by atoms with Gasteiger partial charge in [-0.1, -0.05) is 0 Å². The molecule has 2 heterocycles. The van der Waals surface area contributed by atoms with Gasteiger partial charge in [0.1, 0.15) is 0 Å². The average molecular weight is 283 g/mol. The first kappa shape index (κ1) is 12.9. The monoisotopic (exact) mass is 283 g/mol. The van der Waals surface area contributed by atoms with Crippen molar-refractivity contribution < 1.29 is 5.11 Å².